The molecule has 0 aromatic carbocycles. The van der Waals surface area contributed by atoms with Crippen LogP contribution in [-0.2, 0) is 0 Å². The molecule has 3 heteroatoms. The largest absolute Gasteiger partial charge is 0.316 e. The van der Waals surface area contributed by atoms with Gasteiger partial charge in [-0.2, -0.15) is 0 Å². The van der Waals surface area contributed by atoms with Gasteiger partial charge in [0.25, 0.3) is 5.92 Å². The van der Waals surface area contributed by atoms with Crippen molar-refractivity contribution in [2.24, 2.45) is 11.8 Å². The molecule has 1 heterocycles. The minimum atomic E-state index is -2.48. The van der Waals surface area contributed by atoms with Crippen LogP contribution in [0.1, 0.15) is 39.5 Å². The second-order valence-corrected chi connectivity index (χ2v) is 4.76. The summed E-state index contributed by atoms with van der Waals surface area (Å²) in [6, 6.07) is 0. The summed E-state index contributed by atoms with van der Waals surface area (Å²) in [5.74, 6) is -2.86. The maximum absolute atomic E-state index is 13.7. The number of halogens is 2. The van der Waals surface area contributed by atoms with E-state index in [1.54, 1.807) is 0 Å². The Labute approximate surface area is 85.3 Å². The third-order valence-corrected chi connectivity index (χ3v) is 2.82. The Bertz CT molecular complexity index is 161. The molecule has 0 bridgehead atoms. The predicted octanol–water partition coefficient (Wildman–Crippen LogP) is 3.06. The zero-order valence-corrected chi connectivity index (χ0v) is 9.15. The van der Waals surface area contributed by atoms with Crippen LogP contribution in [0.5, 0.6) is 0 Å². The second kappa shape index (κ2) is 5.06. The molecule has 1 aliphatic rings. The monoisotopic (exact) mass is 205 g/mol. The lowest BCUT2D eigenvalue weighted by Gasteiger charge is -2.27. The molecule has 0 saturated carbocycles. The number of hydrogen-bond acceptors (Lipinski definition) is 1. The fourth-order valence-corrected chi connectivity index (χ4v) is 2.09. The molecule has 1 N–H and O–H groups in total. The highest BCUT2D eigenvalue weighted by molar-refractivity contribution is 4.81. The van der Waals surface area contributed by atoms with Gasteiger partial charge in [0.1, 0.15) is 0 Å². The predicted molar refractivity (Wildman–Crippen MR) is 54.6 cm³/mol. The van der Waals surface area contributed by atoms with E-state index < -0.39 is 11.8 Å². The highest BCUT2D eigenvalue weighted by Crippen LogP contribution is 2.35. The fraction of sp³-hybridized carbons (Fsp3) is 1.00. The molecule has 1 unspecified atom stereocenters. The first-order chi connectivity index (χ1) is 6.52. The van der Waals surface area contributed by atoms with Gasteiger partial charge in [0.2, 0.25) is 0 Å². The van der Waals surface area contributed by atoms with Crippen molar-refractivity contribution < 1.29 is 8.78 Å². The van der Waals surface area contributed by atoms with Gasteiger partial charge >= 0.3 is 0 Å². The van der Waals surface area contributed by atoms with E-state index in [9.17, 15) is 8.78 Å². The van der Waals surface area contributed by atoms with Gasteiger partial charge in [-0.05, 0) is 25.3 Å². The lowest BCUT2D eigenvalue weighted by atomic mass is 9.90. The lowest BCUT2D eigenvalue weighted by Crippen LogP contribution is -2.36. The number of rotatable bonds is 3. The zero-order chi connectivity index (χ0) is 10.6. The van der Waals surface area contributed by atoms with E-state index in [1.165, 1.54) is 0 Å². The van der Waals surface area contributed by atoms with Crippen molar-refractivity contribution in [3.63, 3.8) is 0 Å². The van der Waals surface area contributed by atoms with Crippen molar-refractivity contribution in [1.82, 2.24) is 5.32 Å². The van der Waals surface area contributed by atoms with Gasteiger partial charge in [-0.25, -0.2) is 8.78 Å². The molecular weight excluding hydrogens is 184 g/mol. The summed E-state index contributed by atoms with van der Waals surface area (Å²) in [5.41, 5.74) is 0. The Balaban J connectivity index is 2.50. The average molecular weight is 205 g/mol. The minimum Gasteiger partial charge on any atom is -0.316 e. The SMILES string of the molecule is CC(C)CC(F)(F)C1CCCCNC1. The zero-order valence-electron chi connectivity index (χ0n) is 9.15. The fourth-order valence-electron chi connectivity index (χ4n) is 2.09. The van der Waals surface area contributed by atoms with Crippen molar-refractivity contribution in [3.05, 3.63) is 0 Å². The first kappa shape index (κ1) is 11.9. The van der Waals surface area contributed by atoms with Crippen molar-refractivity contribution in [2.75, 3.05) is 13.1 Å². The Morgan fingerprint density at radius 2 is 2.07 bits per heavy atom. The van der Waals surface area contributed by atoms with Gasteiger partial charge in [0.15, 0.2) is 0 Å². The van der Waals surface area contributed by atoms with E-state index in [-0.39, 0.29) is 12.3 Å². The summed E-state index contributed by atoms with van der Waals surface area (Å²) in [6.07, 6.45) is 2.67. The van der Waals surface area contributed by atoms with Crippen molar-refractivity contribution >= 4 is 0 Å². The van der Waals surface area contributed by atoms with Crippen molar-refractivity contribution in [3.8, 4) is 0 Å². The molecule has 1 aliphatic heterocycles. The van der Waals surface area contributed by atoms with Crippen LogP contribution in [0.3, 0.4) is 0 Å². The number of hydrogen-bond donors (Lipinski definition) is 1. The molecule has 1 fully saturated rings. The molecule has 0 aliphatic carbocycles. The summed E-state index contributed by atoms with van der Waals surface area (Å²) in [5, 5.41) is 3.10. The minimum absolute atomic E-state index is 0.0271. The quantitative estimate of drug-likeness (QED) is 0.746. The second-order valence-electron chi connectivity index (χ2n) is 4.76. The standard InChI is InChI=1S/C11H21F2N/c1-9(2)7-11(12,13)10-5-3-4-6-14-8-10/h9-10,14H,3-8H2,1-2H3. The van der Waals surface area contributed by atoms with Gasteiger partial charge in [0.05, 0.1) is 0 Å². The average Bonchev–Trinajstić information content (AvgIpc) is 2.28. The maximum atomic E-state index is 13.7. The number of alkyl halides is 2. The van der Waals surface area contributed by atoms with Gasteiger partial charge in [-0.3, -0.25) is 0 Å². The van der Waals surface area contributed by atoms with Gasteiger partial charge in [0, 0.05) is 18.9 Å². The van der Waals surface area contributed by atoms with E-state index in [2.05, 4.69) is 5.32 Å². The molecular formula is C11H21F2N. The summed E-state index contributed by atoms with van der Waals surface area (Å²) in [7, 11) is 0. The van der Waals surface area contributed by atoms with Crippen molar-refractivity contribution in [1.29, 1.82) is 0 Å². The van der Waals surface area contributed by atoms with E-state index in [4.69, 9.17) is 0 Å². The topological polar surface area (TPSA) is 12.0 Å². The smallest absolute Gasteiger partial charge is 0.252 e. The van der Waals surface area contributed by atoms with Crippen LogP contribution in [0.2, 0.25) is 0 Å². The van der Waals surface area contributed by atoms with E-state index in [0.717, 1.165) is 19.4 Å². The molecule has 0 aromatic rings. The Morgan fingerprint density at radius 1 is 1.36 bits per heavy atom. The normalized spacial score (nSPS) is 25.1. The van der Waals surface area contributed by atoms with Gasteiger partial charge < -0.3 is 5.32 Å². The van der Waals surface area contributed by atoms with Gasteiger partial charge in [-0.15, -0.1) is 0 Å². The highest BCUT2D eigenvalue weighted by atomic mass is 19.3. The van der Waals surface area contributed by atoms with Crippen molar-refractivity contribution in [2.45, 2.75) is 45.5 Å². The van der Waals surface area contributed by atoms with E-state index in [0.29, 0.717) is 13.0 Å². The third kappa shape index (κ3) is 3.52. The van der Waals surface area contributed by atoms with Crippen LogP contribution in [0.25, 0.3) is 0 Å². The molecule has 0 radical (unpaired) electrons. The van der Waals surface area contributed by atoms with Crippen LogP contribution in [0.4, 0.5) is 8.78 Å². The lowest BCUT2D eigenvalue weighted by molar-refractivity contribution is -0.0749. The van der Waals surface area contributed by atoms with E-state index in [1.807, 2.05) is 13.8 Å². The summed E-state index contributed by atoms with van der Waals surface area (Å²) in [4.78, 5) is 0. The molecule has 0 spiro atoms. The summed E-state index contributed by atoms with van der Waals surface area (Å²) in [6.45, 7) is 5.10. The van der Waals surface area contributed by atoms with Gasteiger partial charge in [-0.1, -0.05) is 20.3 Å². The summed E-state index contributed by atoms with van der Waals surface area (Å²) < 4.78 is 27.4. The first-order valence-electron chi connectivity index (χ1n) is 5.61. The van der Waals surface area contributed by atoms with Crippen LogP contribution < -0.4 is 5.32 Å². The van der Waals surface area contributed by atoms with Crippen LogP contribution >= 0.6 is 0 Å². The Morgan fingerprint density at radius 3 is 2.71 bits per heavy atom. The molecule has 1 atom stereocenters. The molecule has 84 valence electrons. The van der Waals surface area contributed by atoms with Crippen LogP contribution in [-0.4, -0.2) is 19.0 Å². The molecule has 1 rings (SSSR count). The first-order valence-corrected chi connectivity index (χ1v) is 5.61. The number of nitrogens with one attached hydrogen (secondary N) is 1. The molecule has 0 amide bonds. The maximum Gasteiger partial charge on any atom is 0.252 e. The highest BCUT2D eigenvalue weighted by Gasteiger charge is 2.39. The molecule has 14 heavy (non-hydrogen) atoms. The molecule has 0 aromatic heterocycles. The Hall–Kier alpha value is -0.180. The summed E-state index contributed by atoms with van der Waals surface area (Å²) >= 11 is 0. The molecule has 1 nitrogen and oxygen atoms in total. The van der Waals surface area contributed by atoms with E-state index >= 15 is 0 Å². The van der Waals surface area contributed by atoms with Crippen LogP contribution in [0.15, 0.2) is 0 Å². The Kier molecular flexibility index (Phi) is 4.30. The third-order valence-electron chi connectivity index (χ3n) is 2.82. The molecule has 1 saturated heterocycles. The van der Waals surface area contributed by atoms with Crippen LogP contribution in [0, 0.1) is 11.8 Å².